The van der Waals surface area contributed by atoms with Crippen LogP contribution < -0.4 is 5.32 Å². The standard InChI is InChI=1S/C13H19N3/c1-2-16-9-6-13(11-14,7-10-16)12-5-3-4-8-15-12/h3-5,8,12,15H,2,6-7,9-10H2,1H3. The molecule has 0 aromatic heterocycles. The van der Waals surface area contributed by atoms with Crippen LogP contribution >= 0.6 is 0 Å². The molecule has 3 nitrogen and oxygen atoms in total. The van der Waals surface area contributed by atoms with Crippen LogP contribution in [0.5, 0.6) is 0 Å². The van der Waals surface area contributed by atoms with Crippen molar-refractivity contribution in [2.45, 2.75) is 25.8 Å². The molecule has 0 bridgehead atoms. The Kier molecular flexibility index (Phi) is 3.31. The molecule has 0 spiro atoms. The van der Waals surface area contributed by atoms with Gasteiger partial charge in [0.05, 0.1) is 17.5 Å². The van der Waals surface area contributed by atoms with Crippen molar-refractivity contribution in [1.29, 1.82) is 5.26 Å². The molecule has 0 aromatic carbocycles. The molecule has 1 atom stereocenters. The normalized spacial score (nSPS) is 28.4. The van der Waals surface area contributed by atoms with Crippen LogP contribution in [0.1, 0.15) is 19.8 Å². The quantitative estimate of drug-likeness (QED) is 0.764. The fourth-order valence-electron chi connectivity index (χ4n) is 2.55. The maximum atomic E-state index is 9.49. The summed E-state index contributed by atoms with van der Waals surface area (Å²) in [6, 6.07) is 2.74. The Labute approximate surface area is 97.4 Å². The zero-order valence-electron chi connectivity index (χ0n) is 9.82. The number of dihydropyridines is 1. The highest BCUT2D eigenvalue weighted by Crippen LogP contribution is 2.35. The molecule has 1 fully saturated rings. The number of likely N-dealkylation sites (tertiary alicyclic amines) is 1. The van der Waals surface area contributed by atoms with E-state index in [1.165, 1.54) is 0 Å². The average molecular weight is 217 g/mol. The van der Waals surface area contributed by atoms with Crippen LogP contribution in [0.25, 0.3) is 0 Å². The number of nitrogens with zero attached hydrogens (tertiary/aromatic N) is 2. The fourth-order valence-corrected chi connectivity index (χ4v) is 2.55. The van der Waals surface area contributed by atoms with Gasteiger partial charge < -0.3 is 10.2 Å². The third kappa shape index (κ3) is 1.98. The van der Waals surface area contributed by atoms with E-state index < -0.39 is 0 Å². The Morgan fingerprint density at radius 3 is 2.69 bits per heavy atom. The first-order chi connectivity index (χ1) is 7.80. The predicted octanol–water partition coefficient (Wildman–Crippen LogP) is 1.65. The third-order valence-electron chi connectivity index (χ3n) is 3.80. The van der Waals surface area contributed by atoms with Crippen LogP contribution in [0.3, 0.4) is 0 Å². The Morgan fingerprint density at radius 2 is 2.19 bits per heavy atom. The van der Waals surface area contributed by atoms with E-state index in [1.54, 1.807) is 0 Å². The molecule has 1 saturated heterocycles. The smallest absolute Gasteiger partial charge is 0.0834 e. The van der Waals surface area contributed by atoms with E-state index in [2.05, 4.69) is 29.3 Å². The maximum absolute atomic E-state index is 9.49. The Morgan fingerprint density at radius 1 is 1.44 bits per heavy atom. The molecular weight excluding hydrogens is 198 g/mol. The van der Waals surface area contributed by atoms with Gasteiger partial charge in [-0.1, -0.05) is 19.1 Å². The minimum absolute atomic E-state index is 0.182. The van der Waals surface area contributed by atoms with Gasteiger partial charge in [0.2, 0.25) is 0 Å². The van der Waals surface area contributed by atoms with E-state index in [4.69, 9.17) is 0 Å². The molecule has 2 aliphatic heterocycles. The van der Waals surface area contributed by atoms with Crippen molar-refractivity contribution in [2.24, 2.45) is 5.41 Å². The van der Waals surface area contributed by atoms with Crippen molar-refractivity contribution in [3.8, 4) is 6.07 Å². The summed E-state index contributed by atoms with van der Waals surface area (Å²) in [4.78, 5) is 2.41. The minimum atomic E-state index is -0.215. The summed E-state index contributed by atoms with van der Waals surface area (Å²) in [5.74, 6) is 0. The van der Waals surface area contributed by atoms with E-state index in [9.17, 15) is 5.26 Å². The number of hydrogen-bond acceptors (Lipinski definition) is 3. The highest BCUT2D eigenvalue weighted by Gasteiger charge is 2.40. The lowest BCUT2D eigenvalue weighted by Crippen LogP contribution is -2.49. The molecule has 16 heavy (non-hydrogen) atoms. The number of allylic oxidation sites excluding steroid dienone is 2. The molecule has 0 saturated carbocycles. The lowest BCUT2D eigenvalue weighted by Gasteiger charge is -2.41. The van der Waals surface area contributed by atoms with Gasteiger partial charge >= 0.3 is 0 Å². The van der Waals surface area contributed by atoms with Crippen molar-refractivity contribution < 1.29 is 0 Å². The van der Waals surface area contributed by atoms with E-state index in [-0.39, 0.29) is 11.5 Å². The van der Waals surface area contributed by atoms with Crippen molar-refractivity contribution in [2.75, 3.05) is 19.6 Å². The summed E-state index contributed by atoms with van der Waals surface area (Å²) in [6.07, 6.45) is 10.00. The first kappa shape index (κ1) is 11.2. The summed E-state index contributed by atoms with van der Waals surface area (Å²) in [7, 11) is 0. The van der Waals surface area contributed by atoms with Crippen molar-refractivity contribution in [3.63, 3.8) is 0 Å². The second kappa shape index (κ2) is 4.71. The molecule has 0 aromatic rings. The predicted molar refractivity (Wildman–Crippen MR) is 64.6 cm³/mol. The average Bonchev–Trinajstić information content (AvgIpc) is 2.40. The summed E-state index contributed by atoms with van der Waals surface area (Å²) in [5.41, 5.74) is -0.215. The van der Waals surface area contributed by atoms with E-state index in [0.717, 1.165) is 32.5 Å². The Bertz CT molecular complexity index is 330. The van der Waals surface area contributed by atoms with Gasteiger partial charge in [0, 0.05) is 0 Å². The van der Waals surface area contributed by atoms with Gasteiger partial charge in [-0.05, 0) is 44.8 Å². The number of piperidine rings is 1. The summed E-state index contributed by atoms with van der Waals surface area (Å²) in [5, 5.41) is 12.8. The van der Waals surface area contributed by atoms with Gasteiger partial charge in [-0.2, -0.15) is 5.26 Å². The first-order valence-electron chi connectivity index (χ1n) is 6.04. The highest BCUT2D eigenvalue weighted by molar-refractivity contribution is 5.21. The Balaban J connectivity index is 2.07. The second-order valence-electron chi connectivity index (χ2n) is 4.59. The molecular formula is C13H19N3. The second-order valence-corrected chi connectivity index (χ2v) is 4.59. The number of hydrogen-bond donors (Lipinski definition) is 1. The van der Waals surface area contributed by atoms with Crippen LogP contribution in [0.15, 0.2) is 24.4 Å². The van der Waals surface area contributed by atoms with Crippen LogP contribution in [0.2, 0.25) is 0 Å². The monoisotopic (exact) mass is 217 g/mol. The molecule has 2 rings (SSSR count). The minimum Gasteiger partial charge on any atom is -0.383 e. The number of nitrogens with one attached hydrogen (secondary N) is 1. The maximum Gasteiger partial charge on any atom is 0.0834 e. The van der Waals surface area contributed by atoms with E-state index in [1.807, 2.05) is 18.4 Å². The third-order valence-corrected chi connectivity index (χ3v) is 3.80. The van der Waals surface area contributed by atoms with Gasteiger partial charge in [-0.25, -0.2) is 0 Å². The SMILES string of the molecule is CCN1CCC(C#N)(C2C=CC=CN2)CC1. The van der Waals surface area contributed by atoms with E-state index in [0.29, 0.717) is 0 Å². The highest BCUT2D eigenvalue weighted by atomic mass is 15.1. The first-order valence-corrected chi connectivity index (χ1v) is 6.04. The van der Waals surface area contributed by atoms with Gasteiger partial charge in [-0.15, -0.1) is 0 Å². The van der Waals surface area contributed by atoms with Crippen LogP contribution in [-0.4, -0.2) is 30.6 Å². The summed E-state index contributed by atoms with van der Waals surface area (Å²) >= 11 is 0. The van der Waals surface area contributed by atoms with Crippen LogP contribution in [0, 0.1) is 16.7 Å². The van der Waals surface area contributed by atoms with Gasteiger partial charge in [0.15, 0.2) is 0 Å². The molecule has 0 amide bonds. The van der Waals surface area contributed by atoms with Gasteiger partial charge in [0.25, 0.3) is 0 Å². The summed E-state index contributed by atoms with van der Waals surface area (Å²) < 4.78 is 0. The lowest BCUT2D eigenvalue weighted by atomic mass is 9.73. The Hall–Kier alpha value is -1.27. The van der Waals surface area contributed by atoms with Gasteiger partial charge in [-0.3, -0.25) is 0 Å². The van der Waals surface area contributed by atoms with Gasteiger partial charge in [0.1, 0.15) is 0 Å². The molecule has 0 radical (unpaired) electrons. The summed E-state index contributed by atoms with van der Waals surface area (Å²) in [6.45, 7) is 5.36. The topological polar surface area (TPSA) is 39.1 Å². The molecule has 2 aliphatic rings. The number of rotatable bonds is 2. The fraction of sp³-hybridized carbons (Fsp3) is 0.615. The zero-order chi connectivity index (χ0) is 11.4. The van der Waals surface area contributed by atoms with Crippen LogP contribution in [0.4, 0.5) is 0 Å². The zero-order valence-corrected chi connectivity index (χ0v) is 9.82. The lowest BCUT2D eigenvalue weighted by molar-refractivity contribution is 0.133. The molecule has 3 heteroatoms. The van der Waals surface area contributed by atoms with Crippen molar-refractivity contribution >= 4 is 0 Å². The molecule has 1 N–H and O–H groups in total. The molecule has 1 unspecified atom stereocenters. The van der Waals surface area contributed by atoms with Crippen molar-refractivity contribution in [1.82, 2.24) is 10.2 Å². The molecule has 2 heterocycles. The molecule has 0 aliphatic carbocycles. The van der Waals surface area contributed by atoms with Crippen LogP contribution in [-0.2, 0) is 0 Å². The van der Waals surface area contributed by atoms with E-state index >= 15 is 0 Å². The van der Waals surface area contributed by atoms with Crippen molar-refractivity contribution in [3.05, 3.63) is 24.4 Å². The molecule has 86 valence electrons. The number of nitriles is 1. The largest absolute Gasteiger partial charge is 0.383 e.